The van der Waals surface area contributed by atoms with Crippen LogP contribution < -0.4 is 16.0 Å². The van der Waals surface area contributed by atoms with Crippen LogP contribution in [0.25, 0.3) is 0 Å². The van der Waals surface area contributed by atoms with E-state index >= 15 is 0 Å². The van der Waals surface area contributed by atoms with E-state index in [1.807, 2.05) is 18.2 Å². The molecule has 110 valence electrons. The fraction of sp³-hybridized carbons (Fsp3) is 0.250. The van der Waals surface area contributed by atoms with Gasteiger partial charge in [0.1, 0.15) is 4.99 Å². The number of aromatic nitrogens is 1. The summed E-state index contributed by atoms with van der Waals surface area (Å²) in [5.74, 6) is 0. The number of pyridine rings is 1. The largest absolute Gasteiger partial charge is 0.389 e. The van der Waals surface area contributed by atoms with Crippen molar-refractivity contribution in [1.29, 1.82) is 0 Å². The normalized spacial score (nSPS) is 10.2. The number of hydrogen-bond donors (Lipinski definition) is 2. The Bertz CT molecular complexity index is 606. The molecule has 0 radical (unpaired) electrons. The molecule has 4 nitrogen and oxygen atoms in total. The molecular weight excluding hydrogens is 280 g/mol. The van der Waals surface area contributed by atoms with E-state index in [1.165, 1.54) is 5.69 Å². The van der Waals surface area contributed by atoms with Crippen molar-refractivity contribution in [3.05, 3.63) is 48.3 Å². The predicted octanol–water partition coefficient (Wildman–Crippen LogP) is 3.31. The summed E-state index contributed by atoms with van der Waals surface area (Å²) in [6.07, 6.45) is 3.41. The van der Waals surface area contributed by atoms with Crippen LogP contribution in [0.15, 0.2) is 42.7 Å². The zero-order valence-electron chi connectivity index (χ0n) is 12.3. The van der Waals surface area contributed by atoms with Crippen molar-refractivity contribution >= 4 is 34.3 Å². The Morgan fingerprint density at radius 2 is 1.86 bits per heavy atom. The average Bonchev–Trinajstić information content (AvgIpc) is 2.50. The van der Waals surface area contributed by atoms with Crippen LogP contribution in [0.5, 0.6) is 0 Å². The number of nitrogens with two attached hydrogens (primary N) is 1. The Labute approximate surface area is 131 Å². The van der Waals surface area contributed by atoms with E-state index in [2.05, 4.69) is 41.2 Å². The maximum atomic E-state index is 5.73. The molecule has 0 spiro atoms. The van der Waals surface area contributed by atoms with Gasteiger partial charge >= 0.3 is 0 Å². The zero-order valence-corrected chi connectivity index (χ0v) is 13.2. The molecule has 0 unspecified atom stereocenters. The third-order valence-corrected chi connectivity index (χ3v) is 3.58. The van der Waals surface area contributed by atoms with Gasteiger partial charge in [-0.25, -0.2) is 0 Å². The Hall–Kier alpha value is -2.14. The summed E-state index contributed by atoms with van der Waals surface area (Å²) in [4.78, 5) is 6.77. The molecule has 0 aliphatic rings. The van der Waals surface area contributed by atoms with Crippen LogP contribution in [0.3, 0.4) is 0 Å². The molecule has 0 atom stereocenters. The lowest BCUT2D eigenvalue weighted by molar-refractivity contribution is 0.866. The van der Waals surface area contributed by atoms with Gasteiger partial charge in [0.05, 0.1) is 11.9 Å². The monoisotopic (exact) mass is 300 g/mol. The van der Waals surface area contributed by atoms with Crippen LogP contribution >= 0.6 is 12.2 Å². The first-order chi connectivity index (χ1) is 10.2. The van der Waals surface area contributed by atoms with E-state index in [0.717, 1.165) is 30.0 Å². The molecule has 0 saturated carbocycles. The number of nitrogens with zero attached hydrogens (tertiary/aromatic N) is 2. The zero-order chi connectivity index (χ0) is 15.2. The van der Waals surface area contributed by atoms with Gasteiger partial charge in [-0.1, -0.05) is 12.2 Å². The molecule has 2 aromatic rings. The topological polar surface area (TPSA) is 54.2 Å². The lowest BCUT2D eigenvalue weighted by Gasteiger charge is -2.21. The summed E-state index contributed by atoms with van der Waals surface area (Å²) >= 11 is 5.06. The molecular formula is C16H20N4S. The summed E-state index contributed by atoms with van der Waals surface area (Å²) in [7, 11) is 0. The first-order valence-corrected chi connectivity index (χ1v) is 7.42. The van der Waals surface area contributed by atoms with E-state index in [9.17, 15) is 0 Å². The third-order valence-electron chi connectivity index (χ3n) is 3.36. The number of anilines is 3. The van der Waals surface area contributed by atoms with Gasteiger partial charge in [0.2, 0.25) is 0 Å². The van der Waals surface area contributed by atoms with Gasteiger partial charge in [-0.3, -0.25) is 4.98 Å². The number of rotatable bonds is 6. The summed E-state index contributed by atoms with van der Waals surface area (Å²) in [6, 6.07) is 10.1. The minimum atomic E-state index is 0.361. The highest BCUT2D eigenvalue weighted by molar-refractivity contribution is 7.80. The van der Waals surface area contributed by atoms with Crippen molar-refractivity contribution in [2.75, 3.05) is 23.3 Å². The molecule has 1 aromatic heterocycles. The fourth-order valence-corrected chi connectivity index (χ4v) is 2.39. The fourth-order valence-electron chi connectivity index (χ4n) is 2.21. The van der Waals surface area contributed by atoms with E-state index in [0.29, 0.717) is 4.99 Å². The molecule has 0 bridgehead atoms. The van der Waals surface area contributed by atoms with Crippen molar-refractivity contribution in [3.8, 4) is 0 Å². The second-order valence-electron chi connectivity index (χ2n) is 4.63. The Kier molecular flexibility index (Phi) is 5.11. The van der Waals surface area contributed by atoms with Gasteiger partial charge in [-0.15, -0.1) is 0 Å². The van der Waals surface area contributed by atoms with Crippen LogP contribution in [-0.2, 0) is 0 Å². The Morgan fingerprint density at radius 1 is 1.19 bits per heavy atom. The molecule has 0 aliphatic carbocycles. The first-order valence-electron chi connectivity index (χ1n) is 7.01. The van der Waals surface area contributed by atoms with Gasteiger partial charge in [0.25, 0.3) is 0 Å². The summed E-state index contributed by atoms with van der Waals surface area (Å²) in [5.41, 5.74) is 9.54. The van der Waals surface area contributed by atoms with Crippen molar-refractivity contribution in [2.45, 2.75) is 13.8 Å². The van der Waals surface area contributed by atoms with Gasteiger partial charge in [-0.2, -0.15) is 0 Å². The summed E-state index contributed by atoms with van der Waals surface area (Å²) in [5, 5.41) is 3.31. The van der Waals surface area contributed by atoms with Gasteiger partial charge in [-0.05, 0) is 44.2 Å². The van der Waals surface area contributed by atoms with Crippen LogP contribution in [0, 0.1) is 0 Å². The maximum absolute atomic E-state index is 5.73. The van der Waals surface area contributed by atoms with Crippen LogP contribution in [0.2, 0.25) is 0 Å². The second kappa shape index (κ2) is 7.04. The van der Waals surface area contributed by atoms with E-state index in [1.54, 1.807) is 12.4 Å². The number of hydrogen-bond acceptors (Lipinski definition) is 4. The number of thiocarbonyl (C=S) groups is 1. The van der Waals surface area contributed by atoms with Crippen molar-refractivity contribution in [1.82, 2.24) is 4.98 Å². The molecule has 3 N–H and O–H groups in total. The smallest absolute Gasteiger partial charge is 0.106 e. The summed E-state index contributed by atoms with van der Waals surface area (Å²) < 4.78 is 0. The van der Waals surface area contributed by atoms with Gasteiger partial charge in [0.15, 0.2) is 0 Å². The molecule has 0 amide bonds. The molecule has 5 heteroatoms. The number of benzene rings is 1. The van der Waals surface area contributed by atoms with Crippen LogP contribution in [-0.4, -0.2) is 23.1 Å². The third kappa shape index (κ3) is 3.70. The van der Waals surface area contributed by atoms with Crippen LogP contribution in [0.4, 0.5) is 17.1 Å². The molecule has 1 heterocycles. The maximum Gasteiger partial charge on any atom is 0.106 e. The summed E-state index contributed by atoms with van der Waals surface area (Å²) in [6.45, 7) is 6.30. The predicted molar refractivity (Wildman–Crippen MR) is 93.4 cm³/mol. The first kappa shape index (κ1) is 15.3. The molecule has 2 rings (SSSR count). The molecule has 21 heavy (non-hydrogen) atoms. The van der Waals surface area contributed by atoms with E-state index in [-0.39, 0.29) is 0 Å². The molecule has 0 saturated heterocycles. The highest BCUT2D eigenvalue weighted by Crippen LogP contribution is 2.22. The van der Waals surface area contributed by atoms with E-state index < -0.39 is 0 Å². The second-order valence-corrected chi connectivity index (χ2v) is 5.07. The van der Waals surface area contributed by atoms with Gasteiger partial charge < -0.3 is 16.0 Å². The Morgan fingerprint density at radius 3 is 2.43 bits per heavy atom. The standard InChI is InChI=1S/C16H20N4S/c1-3-20(4-2)13-7-5-12(6-8-13)19-15-11-18-10-9-14(15)16(17)21/h5-11,19H,3-4H2,1-2H3,(H2,17,21). The van der Waals surface area contributed by atoms with Crippen molar-refractivity contribution in [3.63, 3.8) is 0 Å². The highest BCUT2D eigenvalue weighted by atomic mass is 32.1. The minimum Gasteiger partial charge on any atom is -0.389 e. The van der Waals surface area contributed by atoms with Crippen molar-refractivity contribution in [2.24, 2.45) is 5.73 Å². The van der Waals surface area contributed by atoms with Gasteiger partial charge in [0, 0.05) is 36.2 Å². The molecule has 1 aromatic carbocycles. The SMILES string of the molecule is CCN(CC)c1ccc(Nc2cnccc2C(N)=S)cc1. The molecule has 0 aliphatic heterocycles. The van der Waals surface area contributed by atoms with Crippen molar-refractivity contribution < 1.29 is 0 Å². The highest BCUT2D eigenvalue weighted by Gasteiger charge is 2.06. The quantitative estimate of drug-likeness (QED) is 0.802. The Balaban J connectivity index is 2.19. The molecule has 0 fully saturated rings. The minimum absolute atomic E-state index is 0.361. The number of nitrogens with one attached hydrogen (secondary N) is 1. The van der Waals surface area contributed by atoms with E-state index in [4.69, 9.17) is 18.0 Å². The lowest BCUT2D eigenvalue weighted by atomic mass is 10.2. The van der Waals surface area contributed by atoms with Crippen LogP contribution in [0.1, 0.15) is 19.4 Å². The average molecular weight is 300 g/mol. The lowest BCUT2D eigenvalue weighted by Crippen LogP contribution is -2.21.